The number of fused-ring (bicyclic) bond motifs is 1. The van der Waals surface area contributed by atoms with E-state index in [1.165, 1.54) is 4.70 Å². The van der Waals surface area contributed by atoms with E-state index in [2.05, 4.69) is 29.5 Å². The van der Waals surface area contributed by atoms with E-state index in [1.54, 1.807) is 11.3 Å². The van der Waals surface area contributed by atoms with Crippen LogP contribution in [0.5, 0.6) is 5.75 Å². The van der Waals surface area contributed by atoms with Crippen LogP contribution in [0.2, 0.25) is 0 Å². The summed E-state index contributed by atoms with van der Waals surface area (Å²) < 4.78 is 6.66. The monoisotopic (exact) mass is 282 g/mol. The number of benzene rings is 1. The highest BCUT2D eigenvalue weighted by atomic mass is 32.2. The van der Waals surface area contributed by atoms with Gasteiger partial charge in [0.25, 0.3) is 0 Å². The lowest BCUT2D eigenvalue weighted by Gasteiger charge is -2.09. The maximum atomic E-state index is 5.50. The number of thiazole rings is 1. The van der Waals surface area contributed by atoms with Gasteiger partial charge in [0, 0.05) is 11.8 Å². The summed E-state index contributed by atoms with van der Waals surface area (Å²) in [6.45, 7) is 4.86. The molecule has 1 unspecified atom stereocenters. The average Bonchev–Trinajstić information content (AvgIpc) is 2.71. The molecule has 0 aliphatic carbocycles. The Labute approximate surface area is 116 Å². The van der Waals surface area contributed by atoms with Crippen LogP contribution in [0.3, 0.4) is 0 Å². The molecule has 1 heterocycles. The van der Waals surface area contributed by atoms with Crippen molar-refractivity contribution in [3.63, 3.8) is 0 Å². The van der Waals surface area contributed by atoms with E-state index in [0.29, 0.717) is 12.6 Å². The minimum atomic E-state index is 0.437. The number of nitrogens with one attached hydrogen (secondary N) is 1. The second-order valence-corrected chi connectivity index (χ2v) is 6.02. The molecule has 1 aromatic heterocycles. The number of aromatic nitrogens is 1. The quantitative estimate of drug-likeness (QED) is 0.872. The third kappa shape index (κ3) is 3.29. The smallest absolute Gasteiger partial charge is 0.184 e. The molecule has 0 aliphatic rings. The number of anilines is 1. The normalized spacial score (nSPS) is 12.6. The zero-order chi connectivity index (χ0) is 13.0. The lowest BCUT2D eigenvalue weighted by molar-refractivity contribution is 0.341. The summed E-state index contributed by atoms with van der Waals surface area (Å²) in [5, 5.41) is 4.42. The SMILES string of the molecule is CCOc1ccc2nc(NC(C)CSC)sc2c1. The first kappa shape index (κ1) is 13.5. The van der Waals surface area contributed by atoms with Gasteiger partial charge in [0.15, 0.2) is 5.13 Å². The molecular formula is C13H18N2OS2. The van der Waals surface area contributed by atoms with Crippen LogP contribution in [-0.4, -0.2) is 29.6 Å². The number of hydrogen-bond donors (Lipinski definition) is 1. The van der Waals surface area contributed by atoms with Gasteiger partial charge < -0.3 is 10.1 Å². The van der Waals surface area contributed by atoms with E-state index in [4.69, 9.17) is 4.74 Å². The molecule has 1 atom stereocenters. The summed E-state index contributed by atoms with van der Waals surface area (Å²) in [6, 6.07) is 6.48. The van der Waals surface area contributed by atoms with Gasteiger partial charge in [0.1, 0.15) is 5.75 Å². The summed E-state index contributed by atoms with van der Waals surface area (Å²) >= 11 is 3.52. The average molecular weight is 282 g/mol. The van der Waals surface area contributed by atoms with Crippen molar-refractivity contribution in [2.24, 2.45) is 0 Å². The molecule has 18 heavy (non-hydrogen) atoms. The van der Waals surface area contributed by atoms with Gasteiger partial charge in [-0.3, -0.25) is 0 Å². The van der Waals surface area contributed by atoms with Crippen LogP contribution in [-0.2, 0) is 0 Å². The molecule has 0 bridgehead atoms. The topological polar surface area (TPSA) is 34.1 Å². The van der Waals surface area contributed by atoms with E-state index < -0.39 is 0 Å². The minimum absolute atomic E-state index is 0.437. The number of nitrogens with zero attached hydrogens (tertiary/aromatic N) is 1. The second-order valence-electron chi connectivity index (χ2n) is 4.08. The first-order valence-corrected chi connectivity index (χ1v) is 8.22. The summed E-state index contributed by atoms with van der Waals surface area (Å²) in [6.07, 6.45) is 2.12. The van der Waals surface area contributed by atoms with Crippen LogP contribution in [0, 0.1) is 0 Å². The van der Waals surface area contributed by atoms with Crippen molar-refractivity contribution in [2.45, 2.75) is 19.9 Å². The largest absolute Gasteiger partial charge is 0.494 e. The Kier molecular flexibility index (Phi) is 4.72. The van der Waals surface area contributed by atoms with Crippen LogP contribution >= 0.6 is 23.1 Å². The Morgan fingerprint density at radius 1 is 1.50 bits per heavy atom. The lowest BCUT2D eigenvalue weighted by atomic mass is 10.3. The number of ether oxygens (including phenoxy) is 1. The molecule has 98 valence electrons. The van der Waals surface area contributed by atoms with E-state index in [1.807, 2.05) is 30.8 Å². The molecule has 2 aromatic rings. The Hall–Kier alpha value is -0.940. The third-order valence-electron chi connectivity index (χ3n) is 2.46. The van der Waals surface area contributed by atoms with Gasteiger partial charge in [-0.2, -0.15) is 11.8 Å². The van der Waals surface area contributed by atoms with Gasteiger partial charge >= 0.3 is 0 Å². The number of rotatable bonds is 6. The minimum Gasteiger partial charge on any atom is -0.494 e. The van der Waals surface area contributed by atoms with Crippen LogP contribution < -0.4 is 10.1 Å². The fourth-order valence-electron chi connectivity index (χ4n) is 1.73. The second kappa shape index (κ2) is 6.29. The predicted octanol–water partition coefficient (Wildman–Crippen LogP) is 3.86. The van der Waals surface area contributed by atoms with Crippen molar-refractivity contribution in [1.29, 1.82) is 0 Å². The zero-order valence-corrected chi connectivity index (χ0v) is 12.5. The van der Waals surface area contributed by atoms with Crippen molar-refractivity contribution in [3.05, 3.63) is 18.2 Å². The zero-order valence-electron chi connectivity index (χ0n) is 10.9. The highest BCUT2D eigenvalue weighted by molar-refractivity contribution is 7.98. The van der Waals surface area contributed by atoms with Crippen LogP contribution in [0.25, 0.3) is 10.2 Å². The standard InChI is InChI=1S/C13H18N2OS2/c1-4-16-10-5-6-11-12(7-10)18-13(15-11)14-9(2)8-17-3/h5-7,9H,4,8H2,1-3H3,(H,14,15). The molecule has 0 aliphatic heterocycles. The van der Waals surface area contributed by atoms with E-state index in [-0.39, 0.29) is 0 Å². The molecule has 3 nitrogen and oxygen atoms in total. The van der Waals surface area contributed by atoms with Gasteiger partial charge in [0.05, 0.1) is 16.8 Å². The maximum Gasteiger partial charge on any atom is 0.184 e. The Morgan fingerprint density at radius 3 is 3.06 bits per heavy atom. The third-order valence-corrected chi connectivity index (χ3v) is 4.24. The molecule has 5 heteroatoms. The van der Waals surface area contributed by atoms with Crippen molar-refractivity contribution in [1.82, 2.24) is 4.98 Å². The van der Waals surface area contributed by atoms with E-state index in [0.717, 1.165) is 22.2 Å². The molecule has 0 saturated carbocycles. The van der Waals surface area contributed by atoms with E-state index >= 15 is 0 Å². The van der Waals surface area contributed by atoms with Crippen molar-refractivity contribution < 1.29 is 4.74 Å². The number of hydrogen-bond acceptors (Lipinski definition) is 5. The molecule has 0 saturated heterocycles. The lowest BCUT2D eigenvalue weighted by Crippen LogP contribution is -2.17. The summed E-state index contributed by atoms with van der Waals surface area (Å²) in [5.41, 5.74) is 1.03. The summed E-state index contributed by atoms with van der Waals surface area (Å²) in [4.78, 5) is 4.58. The van der Waals surface area contributed by atoms with Crippen LogP contribution in [0.4, 0.5) is 5.13 Å². The van der Waals surface area contributed by atoms with Gasteiger partial charge in [-0.15, -0.1) is 0 Å². The first-order valence-electron chi connectivity index (χ1n) is 6.01. The van der Waals surface area contributed by atoms with Crippen molar-refractivity contribution >= 4 is 38.4 Å². The summed E-state index contributed by atoms with van der Waals surface area (Å²) in [7, 11) is 0. The fourth-order valence-corrected chi connectivity index (χ4v) is 3.31. The molecule has 1 N–H and O–H groups in total. The van der Waals surface area contributed by atoms with Crippen molar-refractivity contribution in [3.8, 4) is 5.75 Å². The van der Waals surface area contributed by atoms with Crippen molar-refractivity contribution in [2.75, 3.05) is 23.9 Å². The summed E-state index contributed by atoms with van der Waals surface area (Å²) in [5.74, 6) is 2.00. The molecule has 0 fully saturated rings. The van der Waals surface area contributed by atoms with Crippen LogP contribution in [0.15, 0.2) is 18.2 Å². The van der Waals surface area contributed by atoms with E-state index in [9.17, 15) is 0 Å². The first-order chi connectivity index (χ1) is 8.72. The molecule has 0 spiro atoms. The molecular weight excluding hydrogens is 264 g/mol. The van der Waals surface area contributed by atoms with Gasteiger partial charge in [0.2, 0.25) is 0 Å². The Balaban J connectivity index is 2.16. The van der Waals surface area contributed by atoms with Gasteiger partial charge in [-0.1, -0.05) is 11.3 Å². The molecule has 2 rings (SSSR count). The highest BCUT2D eigenvalue weighted by Gasteiger charge is 2.07. The molecule has 0 radical (unpaired) electrons. The Bertz CT molecular complexity index is 513. The van der Waals surface area contributed by atoms with Crippen LogP contribution in [0.1, 0.15) is 13.8 Å². The molecule has 0 amide bonds. The predicted molar refractivity (Wildman–Crippen MR) is 82.3 cm³/mol. The highest BCUT2D eigenvalue weighted by Crippen LogP contribution is 2.29. The maximum absolute atomic E-state index is 5.50. The fraction of sp³-hybridized carbons (Fsp3) is 0.462. The van der Waals surface area contributed by atoms with Gasteiger partial charge in [-0.25, -0.2) is 4.98 Å². The number of thioether (sulfide) groups is 1. The Morgan fingerprint density at radius 2 is 2.33 bits per heavy atom. The molecule has 1 aromatic carbocycles. The van der Waals surface area contributed by atoms with Gasteiger partial charge in [-0.05, 0) is 38.3 Å².